The highest BCUT2D eigenvalue weighted by molar-refractivity contribution is 5.82. The molecule has 2 amide bonds. The van der Waals surface area contributed by atoms with Crippen LogP contribution < -0.4 is 10.6 Å². The normalized spacial score (nSPS) is 19.4. The molecule has 2 aliphatic carbocycles. The van der Waals surface area contributed by atoms with Crippen LogP contribution in [-0.2, 0) is 14.3 Å². The minimum absolute atomic E-state index is 0.00531. The number of amides is 2. The van der Waals surface area contributed by atoms with Crippen molar-refractivity contribution in [3.63, 3.8) is 0 Å². The molecule has 3 N–H and O–H groups in total. The van der Waals surface area contributed by atoms with Gasteiger partial charge >= 0.3 is 12.1 Å². The van der Waals surface area contributed by atoms with Gasteiger partial charge in [-0.1, -0.05) is 62.4 Å². The minimum atomic E-state index is -0.908. The summed E-state index contributed by atoms with van der Waals surface area (Å²) in [5, 5.41) is 14.7. The Morgan fingerprint density at radius 1 is 1.00 bits per heavy atom. The molecular weight excluding hydrogens is 420 g/mol. The molecule has 7 heteroatoms. The zero-order chi connectivity index (χ0) is 23.5. The lowest BCUT2D eigenvalue weighted by Crippen LogP contribution is -2.37. The van der Waals surface area contributed by atoms with Crippen molar-refractivity contribution < 1.29 is 24.2 Å². The number of fused-ring (bicyclic) bond motifs is 3. The maximum Gasteiger partial charge on any atom is 0.407 e. The maximum atomic E-state index is 12.3. The molecule has 0 saturated heterocycles. The predicted octanol–water partition coefficient (Wildman–Crippen LogP) is 3.63. The Balaban J connectivity index is 1.22. The predicted molar refractivity (Wildman–Crippen MR) is 124 cm³/mol. The third-order valence-corrected chi connectivity index (χ3v) is 6.73. The molecular formula is C26H30N2O5. The van der Waals surface area contributed by atoms with E-state index in [1.54, 1.807) is 0 Å². The number of aliphatic carboxylic acids is 1. The van der Waals surface area contributed by atoms with Gasteiger partial charge in [0.1, 0.15) is 6.61 Å². The summed E-state index contributed by atoms with van der Waals surface area (Å²) < 4.78 is 5.53. The minimum Gasteiger partial charge on any atom is -0.481 e. The summed E-state index contributed by atoms with van der Waals surface area (Å²) in [7, 11) is 0. The number of rotatable bonds is 9. The molecule has 1 fully saturated rings. The van der Waals surface area contributed by atoms with Gasteiger partial charge in [-0.15, -0.1) is 0 Å². The van der Waals surface area contributed by atoms with Crippen molar-refractivity contribution >= 4 is 18.0 Å². The van der Waals surface area contributed by atoms with Crippen molar-refractivity contribution in [2.24, 2.45) is 23.7 Å². The van der Waals surface area contributed by atoms with E-state index in [2.05, 4.69) is 34.9 Å². The van der Waals surface area contributed by atoms with Crippen LogP contribution in [0.1, 0.15) is 37.3 Å². The molecule has 3 unspecified atom stereocenters. The van der Waals surface area contributed by atoms with Crippen LogP contribution in [0.25, 0.3) is 11.1 Å². The summed E-state index contributed by atoms with van der Waals surface area (Å²) in [6.45, 7) is 4.38. The van der Waals surface area contributed by atoms with Crippen molar-refractivity contribution in [3.05, 3.63) is 59.7 Å². The van der Waals surface area contributed by atoms with Gasteiger partial charge in [-0.3, -0.25) is 9.59 Å². The van der Waals surface area contributed by atoms with E-state index in [1.807, 2.05) is 38.1 Å². The molecule has 0 spiro atoms. The Kier molecular flexibility index (Phi) is 6.67. The van der Waals surface area contributed by atoms with Gasteiger partial charge in [-0.2, -0.15) is 0 Å². The Labute approximate surface area is 193 Å². The number of alkyl carbamates (subject to hydrolysis) is 1. The largest absolute Gasteiger partial charge is 0.481 e. The molecule has 1 saturated carbocycles. The Hall–Kier alpha value is -3.35. The van der Waals surface area contributed by atoms with Gasteiger partial charge in [0.15, 0.2) is 0 Å². The van der Waals surface area contributed by atoms with E-state index in [0.29, 0.717) is 13.0 Å². The van der Waals surface area contributed by atoms with E-state index in [9.17, 15) is 19.5 Å². The van der Waals surface area contributed by atoms with E-state index in [-0.39, 0.29) is 42.7 Å². The summed E-state index contributed by atoms with van der Waals surface area (Å²) in [6, 6.07) is 16.3. The molecule has 3 atom stereocenters. The average molecular weight is 451 g/mol. The Morgan fingerprint density at radius 3 is 2.18 bits per heavy atom. The van der Waals surface area contributed by atoms with E-state index in [0.717, 1.165) is 11.1 Å². The van der Waals surface area contributed by atoms with Crippen molar-refractivity contribution in [1.29, 1.82) is 0 Å². The van der Waals surface area contributed by atoms with Gasteiger partial charge in [0.2, 0.25) is 5.91 Å². The zero-order valence-corrected chi connectivity index (χ0v) is 18.9. The average Bonchev–Trinajstić information content (AvgIpc) is 3.51. The molecule has 0 aliphatic heterocycles. The lowest BCUT2D eigenvalue weighted by atomic mass is 9.96. The number of carbonyl (C=O) groups is 3. The number of ether oxygens (including phenoxy) is 1. The van der Waals surface area contributed by atoms with Gasteiger partial charge in [0.05, 0.1) is 5.92 Å². The number of carboxylic acids is 1. The Morgan fingerprint density at radius 2 is 1.61 bits per heavy atom. The molecule has 4 rings (SSSR count). The number of hydrogen-bond donors (Lipinski definition) is 3. The molecule has 7 nitrogen and oxygen atoms in total. The van der Waals surface area contributed by atoms with Gasteiger partial charge in [-0.05, 0) is 40.5 Å². The van der Waals surface area contributed by atoms with Crippen LogP contribution in [0.3, 0.4) is 0 Å². The monoisotopic (exact) mass is 450 g/mol. The standard InChI is InChI=1S/C26H30N2O5/c1-15(2)22(25(30)31)13-27-24(29)21-11-16(21)12-28-26(32)33-14-23-19-9-5-3-7-17(19)18-8-4-6-10-20(18)23/h3-10,15-16,21-23H,11-14H2,1-2H3,(H,27,29)(H,28,32)(H,30,31). The molecule has 0 radical (unpaired) electrons. The molecule has 0 aromatic heterocycles. The fourth-order valence-corrected chi connectivity index (χ4v) is 4.61. The fourth-order valence-electron chi connectivity index (χ4n) is 4.61. The fraction of sp³-hybridized carbons (Fsp3) is 0.423. The molecule has 2 aromatic rings. The molecule has 2 aromatic carbocycles. The molecule has 33 heavy (non-hydrogen) atoms. The van der Waals surface area contributed by atoms with Gasteiger partial charge in [-0.25, -0.2) is 4.79 Å². The van der Waals surface area contributed by atoms with Crippen molar-refractivity contribution in [2.75, 3.05) is 19.7 Å². The van der Waals surface area contributed by atoms with E-state index < -0.39 is 18.0 Å². The van der Waals surface area contributed by atoms with Crippen molar-refractivity contribution in [2.45, 2.75) is 26.2 Å². The Bertz CT molecular complexity index is 1000. The SMILES string of the molecule is CC(C)C(CNC(=O)C1CC1CNC(=O)OCC1c2ccccc2-c2ccccc21)C(=O)O. The van der Waals surface area contributed by atoms with E-state index >= 15 is 0 Å². The number of nitrogens with one attached hydrogen (secondary N) is 2. The first-order valence-corrected chi connectivity index (χ1v) is 11.5. The summed E-state index contributed by atoms with van der Waals surface area (Å²) in [5.74, 6) is -1.87. The van der Waals surface area contributed by atoms with Crippen LogP contribution in [-0.4, -0.2) is 42.8 Å². The van der Waals surface area contributed by atoms with Gasteiger partial charge < -0.3 is 20.5 Å². The smallest absolute Gasteiger partial charge is 0.407 e. The first-order valence-electron chi connectivity index (χ1n) is 11.5. The van der Waals surface area contributed by atoms with E-state index in [1.165, 1.54) is 11.1 Å². The number of carboxylic acid groups (broad SMARTS) is 1. The van der Waals surface area contributed by atoms with Gasteiger partial charge in [0.25, 0.3) is 0 Å². The van der Waals surface area contributed by atoms with E-state index in [4.69, 9.17) is 4.74 Å². The number of carbonyl (C=O) groups excluding carboxylic acids is 2. The topological polar surface area (TPSA) is 105 Å². The molecule has 174 valence electrons. The third-order valence-electron chi connectivity index (χ3n) is 6.73. The summed E-state index contributed by atoms with van der Waals surface area (Å²) >= 11 is 0. The molecule has 2 aliphatic rings. The second-order valence-corrected chi connectivity index (χ2v) is 9.24. The third kappa shape index (κ3) is 5.02. The van der Waals surface area contributed by atoms with Crippen LogP contribution in [0.15, 0.2) is 48.5 Å². The number of hydrogen-bond acceptors (Lipinski definition) is 4. The molecule has 0 heterocycles. The maximum absolute atomic E-state index is 12.3. The van der Waals surface area contributed by atoms with Crippen LogP contribution in [0.2, 0.25) is 0 Å². The summed E-state index contributed by atoms with van der Waals surface area (Å²) in [5.41, 5.74) is 4.67. The number of benzene rings is 2. The lowest BCUT2D eigenvalue weighted by Gasteiger charge is -2.16. The summed E-state index contributed by atoms with van der Waals surface area (Å²) in [4.78, 5) is 35.9. The molecule has 0 bridgehead atoms. The second kappa shape index (κ2) is 9.65. The summed E-state index contributed by atoms with van der Waals surface area (Å²) in [6.07, 6.45) is 0.184. The highest BCUT2D eigenvalue weighted by atomic mass is 16.5. The highest BCUT2D eigenvalue weighted by Crippen LogP contribution is 2.44. The highest BCUT2D eigenvalue weighted by Gasteiger charge is 2.43. The quantitative estimate of drug-likeness (QED) is 0.541. The first kappa shape index (κ1) is 22.8. The van der Waals surface area contributed by atoms with Crippen LogP contribution in [0.5, 0.6) is 0 Å². The van der Waals surface area contributed by atoms with Crippen LogP contribution >= 0.6 is 0 Å². The van der Waals surface area contributed by atoms with Gasteiger partial charge in [0, 0.05) is 24.9 Å². The van der Waals surface area contributed by atoms with Crippen molar-refractivity contribution in [3.8, 4) is 11.1 Å². The van der Waals surface area contributed by atoms with Crippen LogP contribution in [0, 0.1) is 23.7 Å². The lowest BCUT2D eigenvalue weighted by molar-refractivity contribution is -0.143. The van der Waals surface area contributed by atoms with Crippen molar-refractivity contribution in [1.82, 2.24) is 10.6 Å². The zero-order valence-electron chi connectivity index (χ0n) is 18.9. The first-order chi connectivity index (χ1) is 15.9. The second-order valence-electron chi connectivity index (χ2n) is 9.24. The van der Waals surface area contributed by atoms with Crippen LogP contribution in [0.4, 0.5) is 4.79 Å².